The average molecular weight is 393 g/mol. The Morgan fingerprint density at radius 1 is 1.24 bits per heavy atom. The number of likely N-dealkylation sites (N-methyl/N-ethyl adjacent to an activating group) is 1. The molecule has 0 fully saturated rings. The second-order valence-corrected chi connectivity index (χ2v) is 8.62. The molecule has 0 saturated carbocycles. The van der Waals surface area contributed by atoms with E-state index in [4.69, 9.17) is 0 Å². The minimum absolute atomic E-state index is 0. The standard InChI is InChI=1S/C22H26N6O.H2/c1-22(8-3-5-15(12-22)20-26-25-19-6-4-9-28(19)20)24-21(29)18-11-17-14-27(2)10-7-16(17)13-23-18;/h3,5,8,11,13H,4,6-7,9-10,12,14H2,1-2H3,(H,24,29);1H. The Morgan fingerprint density at radius 2 is 2.14 bits per heavy atom. The van der Waals surface area contributed by atoms with Crippen LogP contribution in [0.5, 0.6) is 0 Å². The Labute approximate surface area is 172 Å². The summed E-state index contributed by atoms with van der Waals surface area (Å²) in [5.41, 5.74) is 3.54. The fourth-order valence-corrected chi connectivity index (χ4v) is 4.54. The molecular weight excluding hydrogens is 364 g/mol. The van der Waals surface area contributed by atoms with Crippen molar-refractivity contribution < 1.29 is 6.22 Å². The van der Waals surface area contributed by atoms with Gasteiger partial charge in [0.1, 0.15) is 11.5 Å². The van der Waals surface area contributed by atoms with Crippen LogP contribution in [0, 0.1) is 0 Å². The highest BCUT2D eigenvalue weighted by atomic mass is 16.2. The van der Waals surface area contributed by atoms with Crippen LogP contribution in [0.4, 0.5) is 0 Å². The van der Waals surface area contributed by atoms with Gasteiger partial charge in [-0.2, -0.15) is 0 Å². The number of amides is 1. The number of fused-ring (bicyclic) bond motifs is 2. The van der Waals surface area contributed by atoms with Crippen molar-refractivity contribution in [3.05, 3.63) is 59.0 Å². The molecular formula is C22H28N6O. The first-order valence-electron chi connectivity index (χ1n) is 10.3. The summed E-state index contributed by atoms with van der Waals surface area (Å²) in [4.78, 5) is 19.7. The molecule has 1 amide bonds. The van der Waals surface area contributed by atoms with E-state index >= 15 is 0 Å². The molecule has 1 N–H and O–H groups in total. The van der Waals surface area contributed by atoms with E-state index in [9.17, 15) is 4.79 Å². The Morgan fingerprint density at radius 3 is 3.03 bits per heavy atom. The van der Waals surface area contributed by atoms with Crippen LogP contribution in [0.1, 0.15) is 54.5 Å². The van der Waals surface area contributed by atoms with Crippen molar-refractivity contribution in [3.8, 4) is 0 Å². The topological polar surface area (TPSA) is 75.9 Å². The summed E-state index contributed by atoms with van der Waals surface area (Å²) in [6.07, 6.45) is 11.8. The predicted octanol–water partition coefficient (Wildman–Crippen LogP) is 2.39. The maximum absolute atomic E-state index is 13.0. The predicted molar refractivity (Wildman–Crippen MR) is 112 cm³/mol. The number of pyridine rings is 1. The van der Waals surface area contributed by atoms with Gasteiger partial charge < -0.3 is 14.8 Å². The lowest BCUT2D eigenvalue weighted by Gasteiger charge is -2.31. The molecule has 7 heteroatoms. The summed E-state index contributed by atoms with van der Waals surface area (Å²) < 4.78 is 2.20. The minimum Gasteiger partial charge on any atom is -0.342 e. The molecule has 0 bridgehead atoms. The van der Waals surface area contributed by atoms with Gasteiger partial charge in [-0.15, -0.1) is 10.2 Å². The minimum atomic E-state index is -0.486. The van der Waals surface area contributed by atoms with E-state index in [0.29, 0.717) is 12.1 Å². The summed E-state index contributed by atoms with van der Waals surface area (Å²) in [6.45, 7) is 4.90. The highest BCUT2D eigenvalue weighted by Gasteiger charge is 2.31. The molecule has 4 heterocycles. The zero-order chi connectivity index (χ0) is 20.0. The molecule has 1 unspecified atom stereocenters. The number of nitrogens with one attached hydrogen (secondary N) is 1. The number of hydrogen-bond donors (Lipinski definition) is 1. The Bertz CT molecular complexity index is 1040. The van der Waals surface area contributed by atoms with Crippen LogP contribution in [-0.2, 0) is 25.9 Å². The molecule has 0 radical (unpaired) electrons. The van der Waals surface area contributed by atoms with Gasteiger partial charge in [0.15, 0.2) is 5.82 Å². The van der Waals surface area contributed by atoms with E-state index in [1.54, 1.807) is 0 Å². The van der Waals surface area contributed by atoms with Crippen LogP contribution in [-0.4, -0.2) is 49.7 Å². The molecule has 0 spiro atoms. The van der Waals surface area contributed by atoms with E-state index in [1.807, 2.05) is 31.3 Å². The van der Waals surface area contributed by atoms with Gasteiger partial charge in [-0.1, -0.05) is 18.2 Å². The van der Waals surface area contributed by atoms with Gasteiger partial charge in [0.05, 0.1) is 5.54 Å². The fourth-order valence-electron chi connectivity index (χ4n) is 4.54. The zero-order valence-electron chi connectivity index (χ0n) is 17.0. The summed E-state index contributed by atoms with van der Waals surface area (Å²) in [6, 6.07) is 1.94. The molecule has 7 nitrogen and oxygen atoms in total. The van der Waals surface area contributed by atoms with Crippen molar-refractivity contribution in [3.63, 3.8) is 0 Å². The van der Waals surface area contributed by atoms with E-state index < -0.39 is 5.54 Å². The highest BCUT2D eigenvalue weighted by molar-refractivity contribution is 5.93. The Hall–Kier alpha value is -2.80. The van der Waals surface area contributed by atoms with Gasteiger partial charge in [0.25, 0.3) is 5.91 Å². The summed E-state index contributed by atoms with van der Waals surface area (Å²) >= 11 is 0. The van der Waals surface area contributed by atoms with Gasteiger partial charge in [-0.25, -0.2) is 0 Å². The lowest BCUT2D eigenvalue weighted by atomic mass is 9.87. The van der Waals surface area contributed by atoms with E-state index in [0.717, 1.165) is 56.1 Å². The van der Waals surface area contributed by atoms with Crippen molar-refractivity contribution in [1.82, 2.24) is 30.0 Å². The molecule has 152 valence electrons. The van der Waals surface area contributed by atoms with Gasteiger partial charge in [0.2, 0.25) is 0 Å². The summed E-state index contributed by atoms with van der Waals surface area (Å²) in [5.74, 6) is 1.85. The average Bonchev–Trinajstić information content (AvgIpc) is 3.30. The first kappa shape index (κ1) is 18.2. The molecule has 29 heavy (non-hydrogen) atoms. The van der Waals surface area contributed by atoms with E-state index in [2.05, 4.69) is 43.1 Å². The van der Waals surface area contributed by atoms with Crippen LogP contribution in [0.3, 0.4) is 0 Å². The molecule has 3 aliphatic rings. The molecule has 2 aromatic heterocycles. The van der Waals surface area contributed by atoms with Crippen LogP contribution >= 0.6 is 0 Å². The highest BCUT2D eigenvalue weighted by Crippen LogP contribution is 2.31. The van der Waals surface area contributed by atoms with Crippen molar-refractivity contribution >= 4 is 11.5 Å². The molecule has 0 aromatic carbocycles. The molecule has 2 aliphatic heterocycles. The van der Waals surface area contributed by atoms with Gasteiger partial charge in [0, 0.05) is 40.1 Å². The van der Waals surface area contributed by atoms with Crippen molar-refractivity contribution in [2.45, 2.75) is 51.2 Å². The Kier molecular flexibility index (Phi) is 4.35. The molecule has 1 aliphatic carbocycles. The van der Waals surface area contributed by atoms with Gasteiger partial charge in [-0.3, -0.25) is 9.78 Å². The number of carbonyl (C=O) groups is 1. The van der Waals surface area contributed by atoms with E-state index in [1.165, 1.54) is 11.1 Å². The monoisotopic (exact) mass is 392 g/mol. The summed E-state index contributed by atoms with van der Waals surface area (Å²) in [7, 11) is 2.10. The molecule has 1 atom stereocenters. The second kappa shape index (κ2) is 6.91. The third kappa shape index (κ3) is 3.40. The van der Waals surface area contributed by atoms with E-state index in [-0.39, 0.29) is 7.33 Å². The number of carbonyl (C=O) groups excluding carboxylic acids is 1. The number of aryl methyl sites for hydroxylation is 1. The number of allylic oxidation sites excluding steroid dienone is 2. The first-order valence-corrected chi connectivity index (χ1v) is 10.3. The van der Waals surface area contributed by atoms with Crippen molar-refractivity contribution in [1.29, 1.82) is 0 Å². The fraction of sp³-hybridized carbons (Fsp3) is 0.455. The quantitative estimate of drug-likeness (QED) is 0.868. The lowest BCUT2D eigenvalue weighted by molar-refractivity contribution is 0.0918. The normalized spacial score (nSPS) is 23.4. The van der Waals surface area contributed by atoms with Crippen LogP contribution in [0.15, 0.2) is 30.5 Å². The Balaban J connectivity index is 0.00000218. The summed E-state index contributed by atoms with van der Waals surface area (Å²) in [5, 5.41) is 11.9. The zero-order valence-corrected chi connectivity index (χ0v) is 17.0. The third-order valence-corrected chi connectivity index (χ3v) is 6.13. The third-order valence-electron chi connectivity index (χ3n) is 6.13. The largest absolute Gasteiger partial charge is 0.342 e. The van der Waals surface area contributed by atoms with Crippen molar-refractivity contribution in [2.24, 2.45) is 0 Å². The first-order chi connectivity index (χ1) is 14.0. The van der Waals surface area contributed by atoms with Crippen molar-refractivity contribution in [2.75, 3.05) is 13.6 Å². The van der Waals surface area contributed by atoms with Crippen LogP contribution in [0.2, 0.25) is 0 Å². The van der Waals surface area contributed by atoms with Crippen LogP contribution in [0.25, 0.3) is 5.57 Å². The van der Waals surface area contributed by atoms with Crippen LogP contribution < -0.4 is 5.32 Å². The number of rotatable bonds is 3. The lowest BCUT2D eigenvalue weighted by Crippen LogP contribution is -2.45. The SMILES string of the molecule is CN1CCc2cnc(C(=O)NC3(C)C=CC=C(c4nnc5n4CCC5)C3)cc2C1.[HH]. The number of aromatic nitrogens is 4. The maximum atomic E-state index is 13.0. The second-order valence-electron chi connectivity index (χ2n) is 8.62. The molecule has 0 saturated heterocycles. The number of nitrogens with zero attached hydrogens (tertiary/aromatic N) is 5. The maximum Gasteiger partial charge on any atom is 0.270 e. The van der Waals surface area contributed by atoms with Gasteiger partial charge in [-0.05, 0) is 49.6 Å². The molecule has 5 rings (SSSR count). The molecule has 2 aromatic rings. The van der Waals surface area contributed by atoms with Gasteiger partial charge >= 0.3 is 0 Å². The smallest absolute Gasteiger partial charge is 0.270 e. The number of hydrogen-bond acceptors (Lipinski definition) is 5.